The number of H-pyrrole nitrogens is 2. The second-order valence-electron chi connectivity index (χ2n) is 4.19. The molecule has 1 heterocycles. The minimum atomic E-state index is -0.617. The maximum Gasteiger partial charge on any atom is 0.342 e. The van der Waals surface area contributed by atoms with Gasteiger partial charge in [0, 0.05) is 12.6 Å². The Balaban J connectivity index is 2.31. The van der Waals surface area contributed by atoms with Crippen LogP contribution in [0.3, 0.4) is 0 Å². The van der Waals surface area contributed by atoms with Crippen LogP contribution in [0.2, 0.25) is 0 Å². The number of aromatic nitrogens is 3. The summed E-state index contributed by atoms with van der Waals surface area (Å²) < 4.78 is 0. The number of aliphatic hydroxyl groups is 1. The zero-order chi connectivity index (χ0) is 12.3. The first kappa shape index (κ1) is 11.8. The Morgan fingerprint density at radius 3 is 2.65 bits per heavy atom. The zero-order valence-electron chi connectivity index (χ0n) is 9.48. The maximum absolute atomic E-state index is 11.7. The number of rotatable bonds is 4. The Morgan fingerprint density at radius 1 is 1.35 bits per heavy atom. The van der Waals surface area contributed by atoms with Crippen molar-refractivity contribution in [3.05, 3.63) is 20.8 Å². The Morgan fingerprint density at radius 2 is 2.06 bits per heavy atom. The first-order valence-corrected chi connectivity index (χ1v) is 5.79. The van der Waals surface area contributed by atoms with E-state index in [1.165, 1.54) is 0 Å². The third-order valence-corrected chi connectivity index (χ3v) is 3.07. The fourth-order valence-corrected chi connectivity index (χ4v) is 2.32. The summed E-state index contributed by atoms with van der Waals surface area (Å²) in [5.74, 6) is 0.186. The van der Waals surface area contributed by atoms with Crippen LogP contribution in [0.1, 0.15) is 25.7 Å². The van der Waals surface area contributed by atoms with E-state index in [0.717, 1.165) is 25.7 Å². The number of anilines is 1. The molecule has 3 N–H and O–H groups in total. The van der Waals surface area contributed by atoms with E-state index >= 15 is 0 Å². The van der Waals surface area contributed by atoms with E-state index in [1.807, 2.05) is 0 Å². The number of aromatic amines is 2. The lowest BCUT2D eigenvalue weighted by molar-refractivity contribution is 0.296. The van der Waals surface area contributed by atoms with Gasteiger partial charge in [-0.15, -0.1) is 5.10 Å². The number of nitrogens with zero attached hydrogens (tertiary/aromatic N) is 2. The van der Waals surface area contributed by atoms with E-state index in [1.54, 1.807) is 4.90 Å². The lowest BCUT2D eigenvalue weighted by Gasteiger charge is -2.27. The van der Waals surface area contributed by atoms with Gasteiger partial charge in [0.25, 0.3) is 5.56 Å². The second kappa shape index (κ2) is 5.13. The molecule has 0 saturated heterocycles. The highest BCUT2D eigenvalue weighted by Crippen LogP contribution is 2.24. The highest BCUT2D eigenvalue weighted by atomic mass is 16.3. The summed E-state index contributed by atoms with van der Waals surface area (Å²) in [6, 6.07) is 0.224. The van der Waals surface area contributed by atoms with Gasteiger partial charge in [0.1, 0.15) is 0 Å². The molecule has 1 fully saturated rings. The van der Waals surface area contributed by atoms with Crippen molar-refractivity contribution in [2.75, 3.05) is 18.1 Å². The summed E-state index contributed by atoms with van der Waals surface area (Å²) in [6.07, 6.45) is 4.21. The first-order valence-electron chi connectivity index (χ1n) is 5.79. The SMILES string of the molecule is O=c1[nH]nc(N(CCO)C2CCCC2)c(=O)[nH]1. The molecule has 7 heteroatoms. The van der Waals surface area contributed by atoms with Gasteiger partial charge >= 0.3 is 5.69 Å². The summed E-state index contributed by atoms with van der Waals surface area (Å²) in [5.41, 5.74) is -1.12. The molecule has 0 radical (unpaired) electrons. The van der Waals surface area contributed by atoms with Gasteiger partial charge < -0.3 is 10.0 Å². The van der Waals surface area contributed by atoms with Crippen LogP contribution in [0.15, 0.2) is 9.59 Å². The topological polar surface area (TPSA) is 102 Å². The van der Waals surface area contributed by atoms with Crippen molar-refractivity contribution in [2.45, 2.75) is 31.7 Å². The highest BCUT2D eigenvalue weighted by Gasteiger charge is 2.25. The molecule has 0 aromatic carbocycles. The Hall–Kier alpha value is -1.63. The third kappa shape index (κ3) is 2.55. The molecule has 0 spiro atoms. The molecule has 0 unspecified atom stereocenters. The lowest BCUT2D eigenvalue weighted by atomic mass is 10.2. The third-order valence-electron chi connectivity index (χ3n) is 3.07. The van der Waals surface area contributed by atoms with Crippen LogP contribution in [-0.4, -0.2) is 39.5 Å². The molecule has 0 bridgehead atoms. The van der Waals surface area contributed by atoms with E-state index < -0.39 is 11.2 Å². The molecule has 94 valence electrons. The number of nitrogens with one attached hydrogen (secondary N) is 2. The average Bonchev–Trinajstić information content (AvgIpc) is 2.80. The summed E-state index contributed by atoms with van der Waals surface area (Å²) in [6.45, 7) is 0.309. The number of hydrogen-bond acceptors (Lipinski definition) is 5. The summed E-state index contributed by atoms with van der Waals surface area (Å²) >= 11 is 0. The zero-order valence-corrected chi connectivity index (χ0v) is 9.48. The van der Waals surface area contributed by atoms with Crippen molar-refractivity contribution in [3.8, 4) is 0 Å². The molecular weight excluding hydrogens is 224 g/mol. The summed E-state index contributed by atoms with van der Waals surface area (Å²) in [5, 5.41) is 15.0. The van der Waals surface area contributed by atoms with E-state index in [9.17, 15) is 9.59 Å². The predicted molar refractivity (Wildman–Crippen MR) is 62.2 cm³/mol. The van der Waals surface area contributed by atoms with Crippen molar-refractivity contribution in [1.82, 2.24) is 15.2 Å². The average molecular weight is 240 g/mol. The molecule has 1 aromatic heterocycles. The molecule has 0 atom stereocenters. The molecule has 1 saturated carbocycles. The molecule has 1 aromatic rings. The van der Waals surface area contributed by atoms with Gasteiger partial charge in [-0.05, 0) is 12.8 Å². The Bertz CT molecular complexity index is 475. The number of aliphatic hydroxyl groups excluding tert-OH is 1. The van der Waals surface area contributed by atoms with Crippen molar-refractivity contribution in [1.29, 1.82) is 0 Å². The van der Waals surface area contributed by atoms with Crippen molar-refractivity contribution >= 4 is 5.82 Å². The van der Waals surface area contributed by atoms with Crippen LogP contribution in [0.5, 0.6) is 0 Å². The van der Waals surface area contributed by atoms with Gasteiger partial charge in [-0.25, -0.2) is 9.89 Å². The highest BCUT2D eigenvalue weighted by molar-refractivity contribution is 5.36. The molecule has 0 amide bonds. The summed E-state index contributed by atoms with van der Waals surface area (Å²) in [4.78, 5) is 26.5. The fraction of sp³-hybridized carbons (Fsp3) is 0.700. The Kier molecular flexibility index (Phi) is 3.58. The number of hydrogen-bond donors (Lipinski definition) is 3. The van der Waals surface area contributed by atoms with Crippen LogP contribution >= 0.6 is 0 Å². The van der Waals surface area contributed by atoms with Crippen molar-refractivity contribution in [2.24, 2.45) is 0 Å². The molecule has 1 aliphatic carbocycles. The van der Waals surface area contributed by atoms with E-state index in [2.05, 4.69) is 15.2 Å². The van der Waals surface area contributed by atoms with Crippen LogP contribution in [0.25, 0.3) is 0 Å². The molecule has 7 nitrogen and oxygen atoms in total. The van der Waals surface area contributed by atoms with E-state index in [-0.39, 0.29) is 18.5 Å². The maximum atomic E-state index is 11.7. The Labute approximate surface area is 97.5 Å². The minimum absolute atomic E-state index is 0.0449. The van der Waals surface area contributed by atoms with Crippen molar-refractivity contribution in [3.63, 3.8) is 0 Å². The van der Waals surface area contributed by atoms with Crippen LogP contribution in [0, 0.1) is 0 Å². The van der Waals surface area contributed by atoms with Gasteiger partial charge in [-0.2, -0.15) is 0 Å². The molecular formula is C10H16N4O3. The normalized spacial score (nSPS) is 16.3. The van der Waals surface area contributed by atoms with Crippen LogP contribution < -0.4 is 16.1 Å². The van der Waals surface area contributed by atoms with Gasteiger partial charge in [-0.1, -0.05) is 12.8 Å². The van der Waals surface area contributed by atoms with E-state index in [4.69, 9.17) is 5.11 Å². The standard InChI is InChI=1S/C10H16N4O3/c15-6-5-14(7-3-1-2-4-7)8-9(16)11-10(17)13-12-8/h7,15H,1-6H2,(H2,11,13,16,17). The van der Waals surface area contributed by atoms with Gasteiger partial charge in [0.2, 0.25) is 5.82 Å². The lowest BCUT2D eigenvalue weighted by Crippen LogP contribution is -2.41. The fourth-order valence-electron chi connectivity index (χ4n) is 2.32. The summed E-state index contributed by atoms with van der Waals surface area (Å²) in [7, 11) is 0. The second-order valence-corrected chi connectivity index (χ2v) is 4.19. The quantitative estimate of drug-likeness (QED) is 0.639. The van der Waals surface area contributed by atoms with Crippen LogP contribution in [-0.2, 0) is 0 Å². The predicted octanol–water partition coefficient (Wildman–Crippen LogP) is -0.801. The smallest absolute Gasteiger partial charge is 0.342 e. The monoisotopic (exact) mass is 240 g/mol. The first-order chi connectivity index (χ1) is 8.22. The van der Waals surface area contributed by atoms with Gasteiger partial charge in [0.15, 0.2) is 0 Å². The van der Waals surface area contributed by atoms with Gasteiger partial charge in [-0.3, -0.25) is 9.78 Å². The molecule has 1 aliphatic rings. The van der Waals surface area contributed by atoms with Gasteiger partial charge in [0.05, 0.1) is 6.61 Å². The minimum Gasteiger partial charge on any atom is -0.395 e. The molecule has 17 heavy (non-hydrogen) atoms. The molecule has 2 rings (SSSR count). The van der Waals surface area contributed by atoms with E-state index in [0.29, 0.717) is 6.54 Å². The van der Waals surface area contributed by atoms with Crippen molar-refractivity contribution < 1.29 is 5.11 Å². The molecule has 0 aliphatic heterocycles. The van der Waals surface area contributed by atoms with Crippen LogP contribution in [0.4, 0.5) is 5.82 Å². The largest absolute Gasteiger partial charge is 0.395 e.